The molecular weight excluding hydrogens is 406 g/mol. The molecular formula is C21H26ClN5O3. The van der Waals surface area contributed by atoms with E-state index in [1.54, 1.807) is 22.9 Å². The molecule has 0 saturated heterocycles. The smallest absolute Gasteiger partial charge is 0.341 e. The highest BCUT2D eigenvalue weighted by Gasteiger charge is 2.31. The van der Waals surface area contributed by atoms with Crippen LogP contribution in [0.5, 0.6) is 0 Å². The van der Waals surface area contributed by atoms with Crippen molar-refractivity contribution in [3.63, 3.8) is 0 Å². The van der Waals surface area contributed by atoms with Crippen LogP contribution < -0.4 is 5.69 Å². The molecule has 0 unspecified atom stereocenters. The van der Waals surface area contributed by atoms with Crippen molar-refractivity contribution >= 4 is 23.4 Å². The average Bonchev–Trinajstić information content (AvgIpc) is 3.08. The Bertz CT molecular complexity index is 1010. The molecule has 1 aromatic heterocycles. The first kappa shape index (κ1) is 20.7. The Balaban J connectivity index is 1.49. The molecule has 2 aromatic rings. The summed E-state index contributed by atoms with van der Waals surface area (Å²) in [7, 11) is 1.79. The number of rotatable bonds is 5. The van der Waals surface area contributed by atoms with Crippen LogP contribution >= 0.6 is 11.6 Å². The van der Waals surface area contributed by atoms with Gasteiger partial charge in [-0.05, 0) is 24.5 Å². The van der Waals surface area contributed by atoms with Gasteiger partial charge in [-0.2, -0.15) is 0 Å². The first-order chi connectivity index (χ1) is 14.5. The zero-order valence-corrected chi connectivity index (χ0v) is 17.8. The van der Waals surface area contributed by atoms with Crippen molar-refractivity contribution in [2.24, 2.45) is 0 Å². The lowest BCUT2D eigenvalue weighted by molar-refractivity contribution is -0.133. The summed E-state index contributed by atoms with van der Waals surface area (Å²) in [5.74, 6) is -0.406. The van der Waals surface area contributed by atoms with Crippen LogP contribution in [-0.4, -0.2) is 55.6 Å². The summed E-state index contributed by atoms with van der Waals surface area (Å²) in [5.41, 5.74) is 0.424. The van der Waals surface area contributed by atoms with Crippen molar-refractivity contribution < 1.29 is 9.59 Å². The summed E-state index contributed by atoms with van der Waals surface area (Å²) in [5, 5.41) is 4.80. The maximum absolute atomic E-state index is 12.9. The molecule has 8 nitrogen and oxygen atoms in total. The molecule has 1 saturated carbocycles. The molecule has 0 atom stereocenters. The van der Waals surface area contributed by atoms with Gasteiger partial charge >= 0.3 is 5.69 Å². The van der Waals surface area contributed by atoms with E-state index >= 15 is 0 Å². The highest BCUT2D eigenvalue weighted by molar-refractivity contribution is 6.31. The molecule has 0 radical (unpaired) electrons. The van der Waals surface area contributed by atoms with E-state index in [0.29, 0.717) is 24.7 Å². The summed E-state index contributed by atoms with van der Waals surface area (Å²) >= 11 is 6.22. The van der Waals surface area contributed by atoms with Crippen molar-refractivity contribution in [1.29, 1.82) is 0 Å². The SMILES string of the molecule is CN(C(=O)Cn1nc2n(c1=O)CCN(Cc1ccccc1Cl)C2=O)C1CCCCC1. The number of aromatic nitrogens is 3. The third kappa shape index (κ3) is 4.01. The number of carbonyl (C=O) groups is 2. The predicted octanol–water partition coefficient (Wildman–Crippen LogP) is 2.15. The molecule has 2 aliphatic rings. The maximum atomic E-state index is 12.9. The molecule has 160 valence electrons. The Hall–Kier alpha value is -2.61. The predicted molar refractivity (Wildman–Crippen MR) is 112 cm³/mol. The van der Waals surface area contributed by atoms with Crippen molar-refractivity contribution in [2.75, 3.05) is 13.6 Å². The summed E-state index contributed by atoms with van der Waals surface area (Å²) in [6, 6.07) is 7.58. The number of amides is 2. The number of hydrogen-bond donors (Lipinski definition) is 0. The van der Waals surface area contributed by atoms with Gasteiger partial charge in [-0.25, -0.2) is 9.48 Å². The van der Waals surface area contributed by atoms with Gasteiger partial charge in [-0.3, -0.25) is 14.2 Å². The Labute approximate surface area is 180 Å². The lowest BCUT2D eigenvalue weighted by Gasteiger charge is -2.31. The summed E-state index contributed by atoms with van der Waals surface area (Å²) in [4.78, 5) is 41.7. The third-order valence-electron chi connectivity index (χ3n) is 6.11. The van der Waals surface area contributed by atoms with Gasteiger partial charge < -0.3 is 9.80 Å². The molecule has 30 heavy (non-hydrogen) atoms. The normalized spacial score (nSPS) is 17.1. The lowest BCUT2D eigenvalue weighted by Crippen LogP contribution is -2.43. The van der Waals surface area contributed by atoms with E-state index in [9.17, 15) is 14.4 Å². The van der Waals surface area contributed by atoms with Crippen molar-refractivity contribution in [2.45, 2.75) is 57.8 Å². The van der Waals surface area contributed by atoms with E-state index < -0.39 is 5.69 Å². The Kier molecular flexibility index (Phi) is 5.94. The van der Waals surface area contributed by atoms with Crippen molar-refractivity contribution in [3.05, 3.63) is 51.2 Å². The summed E-state index contributed by atoms with van der Waals surface area (Å²) in [6.45, 7) is 0.933. The molecule has 0 N–H and O–H groups in total. The van der Waals surface area contributed by atoms with Gasteiger partial charge in [0.2, 0.25) is 11.7 Å². The number of likely N-dealkylation sites (N-methyl/N-ethyl adjacent to an activating group) is 1. The largest absolute Gasteiger partial charge is 0.346 e. The molecule has 2 heterocycles. The number of carbonyl (C=O) groups excluding carboxylic acids is 2. The van der Waals surface area contributed by atoms with Gasteiger partial charge in [-0.15, -0.1) is 5.10 Å². The molecule has 9 heteroatoms. The molecule has 1 aromatic carbocycles. The fourth-order valence-electron chi connectivity index (χ4n) is 4.26. The zero-order chi connectivity index (χ0) is 21.3. The Morgan fingerprint density at radius 2 is 1.90 bits per heavy atom. The van der Waals surface area contributed by atoms with Crippen LogP contribution in [0.4, 0.5) is 0 Å². The second kappa shape index (κ2) is 8.63. The zero-order valence-electron chi connectivity index (χ0n) is 17.1. The fraction of sp³-hybridized carbons (Fsp3) is 0.524. The van der Waals surface area contributed by atoms with Gasteiger partial charge in [0, 0.05) is 37.7 Å². The van der Waals surface area contributed by atoms with Crippen molar-refractivity contribution in [1.82, 2.24) is 24.1 Å². The minimum Gasteiger partial charge on any atom is -0.341 e. The van der Waals surface area contributed by atoms with Gasteiger partial charge in [0.25, 0.3) is 5.91 Å². The first-order valence-electron chi connectivity index (χ1n) is 10.4. The second-order valence-electron chi connectivity index (χ2n) is 8.03. The van der Waals surface area contributed by atoms with Gasteiger partial charge in [0.1, 0.15) is 6.54 Å². The van der Waals surface area contributed by atoms with Gasteiger partial charge in [0.15, 0.2) is 0 Å². The monoisotopic (exact) mass is 431 g/mol. The third-order valence-corrected chi connectivity index (χ3v) is 6.48. The topological polar surface area (TPSA) is 80.4 Å². The van der Waals surface area contributed by atoms with Gasteiger partial charge in [-0.1, -0.05) is 49.1 Å². The van der Waals surface area contributed by atoms with E-state index in [1.807, 2.05) is 18.2 Å². The highest BCUT2D eigenvalue weighted by atomic mass is 35.5. The molecule has 2 amide bonds. The Morgan fingerprint density at radius 1 is 1.17 bits per heavy atom. The average molecular weight is 432 g/mol. The van der Waals surface area contributed by atoms with E-state index in [0.717, 1.165) is 35.9 Å². The van der Waals surface area contributed by atoms with Gasteiger partial charge in [0.05, 0.1) is 0 Å². The standard InChI is InChI=1S/C21H26ClN5O3/c1-24(16-8-3-2-4-9-16)18(28)14-27-21(30)26-12-11-25(20(29)19(26)23-27)13-15-7-5-6-10-17(15)22/h5-7,10,16H,2-4,8-9,11-14H2,1H3. The minimum absolute atomic E-state index is 0.0754. The summed E-state index contributed by atoms with van der Waals surface area (Å²) < 4.78 is 2.48. The molecule has 1 aliphatic heterocycles. The van der Waals surface area contributed by atoms with Crippen LogP contribution in [0.25, 0.3) is 0 Å². The van der Waals surface area contributed by atoms with Crippen LogP contribution in [0, 0.1) is 0 Å². The second-order valence-corrected chi connectivity index (χ2v) is 8.44. The van der Waals surface area contributed by atoms with Crippen LogP contribution in [0.3, 0.4) is 0 Å². The maximum Gasteiger partial charge on any atom is 0.346 e. The first-order valence-corrected chi connectivity index (χ1v) is 10.8. The molecule has 0 spiro atoms. The van der Waals surface area contributed by atoms with Crippen LogP contribution in [0.15, 0.2) is 29.1 Å². The molecule has 4 rings (SSSR count). The van der Waals surface area contributed by atoms with Crippen molar-refractivity contribution in [3.8, 4) is 0 Å². The molecule has 1 aliphatic carbocycles. The van der Waals surface area contributed by atoms with E-state index in [-0.39, 0.29) is 30.2 Å². The molecule has 0 bridgehead atoms. The fourth-order valence-corrected chi connectivity index (χ4v) is 4.46. The van der Waals surface area contributed by atoms with E-state index in [1.165, 1.54) is 11.0 Å². The number of fused-ring (bicyclic) bond motifs is 1. The minimum atomic E-state index is -0.416. The van der Waals surface area contributed by atoms with E-state index in [4.69, 9.17) is 11.6 Å². The quantitative estimate of drug-likeness (QED) is 0.726. The Morgan fingerprint density at radius 3 is 2.63 bits per heavy atom. The lowest BCUT2D eigenvalue weighted by atomic mass is 9.94. The highest BCUT2D eigenvalue weighted by Crippen LogP contribution is 2.22. The van der Waals surface area contributed by atoms with Crippen LogP contribution in [0.2, 0.25) is 5.02 Å². The van der Waals surface area contributed by atoms with Crippen LogP contribution in [0.1, 0.15) is 48.3 Å². The molecule has 1 fully saturated rings. The number of halogens is 1. The van der Waals surface area contributed by atoms with E-state index in [2.05, 4.69) is 5.10 Å². The number of nitrogens with zero attached hydrogens (tertiary/aromatic N) is 5. The van der Waals surface area contributed by atoms with Crippen LogP contribution in [-0.2, 0) is 24.4 Å². The number of hydrogen-bond acceptors (Lipinski definition) is 4. The number of benzene rings is 1. The summed E-state index contributed by atoms with van der Waals surface area (Å²) in [6.07, 6.45) is 5.44.